The Morgan fingerprint density at radius 3 is 1.16 bits per heavy atom. The third-order valence-corrected chi connectivity index (χ3v) is 2.62. The van der Waals surface area contributed by atoms with Crippen molar-refractivity contribution >= 4 is 0 Å². The fraction of sp³-hybridized carbons (Fsp3) is 0.222. The van der Waals surface area contributed by atoms with Crippen LogP contribution in [0, 0.1) is 13.8 Å². The van der Waals surface area contributed by atoms with Crippen molar-refractivity contribution in [3.63, 3.8) is 0 Å². The summed E-state index contributed by atoms with van der Waals surface area (Å²) >= 11 is 0. The number of hydrogen-bond donors (Lipinski definition) is 0. The average Bonchev–Trinajstić information content (AvgIpc) is 2.43. The van der Waals surface area contributed by atoms with E-state index in [2.05, 4.69) is 62.4 Å². The Labute approximate surface area is 131 Å². The van der Waals surface area contributed by atoms with E-state index in [-0.39, 0.29) is 19.5 Å². The van der Waals surface area contributed by atoms with Gasteiger partial charge in [-0.3, -0.25) is 0 Å². The quantitative estimate of drug-likeness (QED) is 0.556. The number of benzene rings is 2. The maximum Gasteiger partial charge on any atom is 2.00 e. The Bertz CT molecular complexity index is 353. The van der Waals surface area contributed by atoms with Gasteiger partial charge in [0.15, 0.2) is 0 Å². The van der Waals surface area contributed by atoms with Crippen molar-refractivity contribution in [3.05, 3.63) is 85.6 Å². The van der Waals surface area contributed by atoms with Crippen LogP contribution < -0.4 is 0 Å². The Morgan fingerprint density at radius 2 is 0.895 bits per heavy atom. The normalized spacial score (nSPS) is 8.95. The van der Waals surface area contributed by atoms with Gasteiger partial charge in [-0.2, -0.15) is 12.8 Å². The fourth-order valence-electron chi connectivity index (χ4n) is 1.70. The van der Waals surface area contributed by atoms with E-state index < -0.39 is 0 Å². The molecule has 0 aliphatic heterocycles. The van der Waals surface area contributed by atoms with Crippen molar-refractivity contribution in [3.8, 4) is 0 Å². The molecule has 0 aliphatic carbocycles. The zero-order valence-electron chi connectivity index (χ0n) is 11.7. The predicted molar refractivity (Wildman–Crippen MR) is 80.2 cm³/mol. The molecule has 0 aliphatic rings. The van der Waals surface area contributed by atoms with Gasteiger partial charge in [-0.1, -0.05) is 84.6 Å². The SMILES string of the molecule is [CH2-]CCc1ccccc1.[CH2-]CCc1ccccc1.[Zn+2]. The van der Waals surface area contributed by atoms with Crippen LogP contribution in [0.3, 0.4) is 0 Å². The van der Waals surface area contributed by atoms with E-state index in [0.717, 1.165) is 25.7 Å². The largest absolute Gasteiger partial charge is 2.00 e. The smallest absolute Gasteiger partial charge is 0.343 e. The van der Waals surface area contributed by atoms with Crippen LogP contribution in [0.25, 0.3) is 0 Å². The van der Waals surface area contributed by atoms with Crippen LogP contribution in [0.4, 0.5) is 0 Å². The van der Waals surface area contributed by atoms with Gasteiger partial charge < -0.3 is 13.8 Å². The van der Waals surface area contributed by atoms with E-state index >= 15 is 0 Å². The molecule has 0 radical (unpaired) electrons. The molecule has 0 saturated carbocycles. The molecule has 1 heteroatoms. The Morgan fingerprint density at radius 1 is 0.579 bits per heavy atom. The summed E-state index contributed by atoms with van der Waals surface area (Å²) in [7, 11) is 0. The number of hydrogen-bond acceptors (Lipinski definition) is 0. The summed E-state index contributed by atoms with van der Waals surface area (Å²) in [6.07, 6.45) is 4.18. The predicted octanol–water partition coefficient (Wildman–Crippen LogP) is 4.90. The van der Waals surface area contributed by atoms with E-state index in [0.29, 0.717) is 0 Å². The molecule has 0 unspecified atom stereocenters. The van der Waals surface area contributed by atoms with Crippen LogP contribution in [-0.2, 0) is 32.3 Å². The second-order valence-corrected chi connectivity index (χ2v) is 4.18. The molecule has 2 aromatic rings. The molecule has 0 fully saturated rings. The van der Waals surface area contributed by atoms with Gasteiger partial charge in [0.2, 0.25) is 0 Å². The van der Waals surface area contributed by atoms with E-state index in [9.17, 15) is 0 Å². The van der Waals surface area contributed by atoms with Gasteiger partial charge in [0, 0.05) is 0 Å². The summed E-state index contributed by atoms with van der Waals surface area (Å²) in [5.74, 6) is 0. The van der Waals surface area contributed by atoms with Crippen molar-refractivity contribution in [2.75, 3.05) is 0 Å². The number of aryl methyl sites for hydroxylation is 2. The van der Waals surface area contributed by atoms with Crippen molar-refractivity contribution < 1.29 is 19.5 Å². The number of rotatable bonds is 4. The third kappa shape index (κ3) is 8.73. The molecule has 0 amide bonds. The molecule has 0 aromatic heterocycles. The summed E-state index contributed by atoms with van der Waals surface area (Å²) in [6.45, 7) is 7.56. The van der Waals surface area contributed by atoms with Crippen LogP contribution in [0.5, 0.6) is 0 Å². The minimum Gasteiger partial charge on any atom is -0.343 e. The second-order valence-electron chi connectivity index (χ2n) is 4.18. The van der Waals surface area contributed by atoms with Crippen LogP contribution >= 0.6 is 0 Å². The average molecular weight is 304 g/mol. The Kier molecular flexibility index (Phi) is 11.5. The van der Waals surface area contributed by atoms with Gasteiger partial charge in [-0.05, 0) is 0 Å². The monoisotopic (exact) mass is 302 g/mol. The molecule has 96 valence electrons. The molecule has 0 atom stereocenters. The third-order valence-electron chi connectivity index (χ3n) is 2.62. The van der Waals surface area contributed by atoms with Gasteiger partial charge in [0.25, 0.3) is 0 Å². The minimum absolute atomic E-state index is 0. The van der Waals surface area contributed by atoms with E-state index in [1.54, 1.807) is 0 Å². The zero-order chi connectivity index (χ0) is 13.1. The van der Waals surface area contributed by atoms with Gasteiger partial charge in [-0.15, -0.1) is 0 Å². The standard InChI is InChI=1S/2C9H11.Zn/c2*1-2-6-9-7-4-3-5-8-9;/h2*3-5,7-8H,1-2,6H2;/q2*-1;+2. The maximum absolute atomic E-state index is 3.78. The molecule has 19 heavy (non-hydrogen) atoms. The Balaban J connectivity index is 0.000000324. The van der Waals surface area contributed by atoms with Crippen molar-refractivity contribution in [1.29, 1.82) is 0 Å². The first-order valence-electron chi connectivity index (χ1n) is 6.53. The van der Waals surface area contributed by atoms with Crippen LogP contribution in [0.15, 0.2) is 60.7 Å². The van der Waals surface area contributed by atoms with Crippen LogP contribution in [0.1, 0.15) is 24.0 Å². The molecular weight excluding hydrogens is 282 g/mol. The first-order chi connectivity index (χ1) is 8.86. The first kappa shape index (κ1) is 18.1. The van der Waals surface area contributed by atoms with E-state index in [1.807, 2.05) is 12.1 Å². The minimum atomic E-state index is 0. The summed E-state index contributed by atoms with van der Waals surface area (Å²) in [6, 6.07) is 20.8. The topological polar surface area (TPSA) is 0 Å². The van der Waals surface area contributed by atoms with E-state index in [4.69, 9.17) is 0 Å². The summed E-state index contributed by atoms with van der Waals surface area (Å²) in [5.41, 5.74) is 2.76. The first-order valence-corrected chi connectivity index (χ1v) is 6.53. The van der Waals surface area contributed by atoms with Crippen LogP contribution in [0.2, 0.25) is 0 Å². The van der Waals surface area contributed by atoms with Crippen LogP contribution in [-0.4, -0.2) is 0 Å². The molecule has 0 bridgehead atoms. The van der Waals surface area contributed by atoms with Gasteiger partial charge in [0.05, 0.1) is 0 Å². The molecular formula is C18H22Zn. The van der Waals surface area contributed by atoms with Gasteiger partial charge >= 0.3 is 19.5 Å². The summed E-state index contributed by atoms with van der Waals surface area (Å²) < 4.78 is 0. The van der Waals surface area contributed by atoms with Crippen molar-refractivity contribution in [2.45, 2.75) is 25.7 Å². The van der Waals surface area contributed by atoms with Crippen molar-refractivity contribution in [1.82, 2.24) is 0 Å². The maximum atomic E-state index is 3.78. The van der Waals surface area contributed by atoms with Gasteiger partial charge in [0.1, 0.15) is 0 Å². The molecule has 0 spiro atoms. The summed E-state index contributed by atoms with van der Waals surface area (Å²) in [5, 5.41) is 0. The zero-order valence-corrected chi connectivity index (χ0v) is 14.7. The van der Waals surface area contributed by atoms with Crippen molar-refractivity contribution in [2.24, 2.45) is 0 Å². The molecule has 2 aromatic carbocycles. The van der Waals surface area contributed by atoms with E-state index in [1.165, 1.54) is 11.1 Å². The Hall–Kier alpha value is -0.937. The summed E-state index contributed by atoms with van der Waals surface area (Å²) in [4.78, 5) is 0. The molecule has 2 rings (SSSR count). The fourth-order valence-corrected chi connectivity index (χ4v) is 1.70. The molecule has 0 heterocycles. The van der Waals surface area contributed by atoms with Gasteiger partial charge in [-0.25, -0.2) is 0 Å². The molecule has 0 saturated heterocycles. The molecule has 0 nitrogen and oxygen atoms in total. The molecule has 0 N–H and O–H groups in total. The second kappa shape index (κ2) is 12.1.